The lowest BCUT2D eigenvalue weighted by atomic mass is 9.84. The van der Waals surface area contributed by atoms with Gasteiger partial charge in [-0.25, -0.2) is 4.39 Å². The Kier molecular flexibility index (Phi) is 5.69. The Morgan fingerprint density at radius 3 is 2.52 bits per heavy atom. The summed E-state index contributed by atoms with van der Waals surface area (Å²) in [5.74, 6) is -2.73. The molecule has 1 aliphatic heterocycles. The van der Waals surface area contributed by atoms with Crippen LogP contribution in [0.4, 0.5) is 23.2 Å². The minimum Gasteiger partial charge on any atom is -0.493 e. The van der Waals surface area contributed by atoms with Gasteiger partial charge in [-0.2, -0.15) is 18.3 Å². The first-order chi connectivity index (χ1) is 15.6. The number of aromatic nitrogens is 2. The summed E-state index contributed by atoms with van der Waals surface area (Å²) in [5, 5.41) is 6.78. The third-order valence-electron chi connectivity index (χ3n) is 5.64. The van der Waals surface area contributed by atoms with Crippen molar-refractivity contribution in [3.63, 3.8) is 0 Å². The van der Waals surface area contributed by atoms with Gasteiger partial charge in [-0.3, -0.25) is 14.3 Å². The predicted octanol–water partition coefficient (Wildman–Crippen LogP) is 5.23. The zero-order valence-electron chi connectivity index (χ0n) is 17.6. The van der Waals surface area contributed by atoms with E-state index in [-0.39, 0.29) is 34.5 Å². The van der Waals surface area contributed by atoms with Crippen molar-refractivity contribution < 1.29 is 31.9 Å². The molecule has 2 atom stereocenters. The van der Waals surface area contributed by atoms with E-state index in [4.69, 9.17) is 4.74 Å². The summed E-state index contributed by atoms with van der Waals surface area (Å²) in [6.45, 7) is 1.82. The fraction of sp³-hybridized carbons (Fsp3) is 0.261. The number of halogens is 4. The second kappa shape index (κ2) is 8.34. The molecule has 4 rings (SSSR count). The maximum absolute atomic E-state index is 14.0. The van der Waals surface area contributed by atoms with E-state index < -0.39 is 29.4 Å². The van der Waals surface area contributed by atoms with Gasteiger partial charge in [0.25, 0.3) is 5.91 Å². The number of alkyl halides is 3. The number of ketones is 1. The van der Waals surface area contributed by atoms with Gasteiger partial charge in [0.05, 0.1) is 42.1 Å². The Labute approximate surface area is 186 Å². The average molecular weight is 461 g/mol. The molecule has 1 unspecified atom stereocenters. The van der Waals surface area contributed by atoms with Crippen LogP contribution < -0.4 is 10.1 Å². The molecular weight excluding hydrogens is 442 g/mol. The number of hydrogen-bond donors (Lipinski definition) is 1. The number of para-hydroxylation sites is 1. The van der Waals surface area contributed by atoms with Gasteiger partial charge in [0.15, 0.2) is 17.3 Å². The number of carbonyl (C=O) groups is 2. The highest BCUT2D eigenvalue weighted by Gasteiger charge is 2.37. The zero-order chi connectivity index (χ0) is 23.9. The van der Waals surface area contributed by atoms with Gasteiger partial charge in [0, 0.05) is 0 Å². The van der Waals surface area contributed by atoms with Gasteiger partial charge in [0.1, 0.15) is 5.69 Å². The van der Waals surface area contributed by atoms with Crippen LogP contribution in [0.2, 0.25) is 0 Å². The van der Waals surface area contributed by atoms with Gasteiger partial charge in [-0.1, -0.05) is 18.2 Å². The van der Waals surface area contributed by atoms with E-state index in [0.717, 1.165) is 18.2 Å². The number of carbonyl (C=O) groups excluding carboxylic acids is 2. The second-order valence-electron chi connectivity index (χ2n) is 7.75. The van der Waals surface area contributed by atoms with Crippen molar-refractivity contribution in [1.29, 1.82) is 0 Å². The Morgan fingerprint density at radius 2 is 1.88 bits per heavy atom. The highest BCUT2D eigenvalue weighted by Crippen LogP contribution is 2.39. The first kappa shape index (κ1) is 22.5. The Morgan fingerprint density at radius 1 is 1.18 bits per heavy atom. The third kappa shape index (κ3) is 4.08. The van der Waals surface area contributed by atoms with Crippen LogP contribution in [-0.2, 0) is 6.18 Å². The van der Waals surface area contributed by atoms with Crippen LogP contribution in [0.3, 0.4) is 0 Å². The second-order valence-corrected chi connectivity index (χ2v) is 7.75. The van der Waals surface area contributed by atoms with Crippen molar-refractivity contribution in [2.75, 3.05) is 12.4 Å². The maximum Gasteiger partial charge on any atom is 0.416 e. The molecular formula is C23H19F4N3O3. The maximum atomic E-state index is 14.0. The van der Waals surface area contributed by atoms with E-state index in [2.05, 4.69) is 10.4 Å². The predicted molar refractivity (Wildman–Crippen MR) is 111 cm³/mol. The fourth-order valence-electron chi connectivity index (χ4n) is 4.02. The van der Waals surface area contributed by atoms with Crippen LogP contribution in [0.15, 0.2) is 48.7 Å². The molecule has 33 heavy (non-hydrogen) atoms. The lowest BCUT2D eigenvalue weighted by Crippen LogP contribution is -2.29. The van der Waals surface area contributed by atoms with E-state index in [1.54, 1.807) is 0 Å². The molecule has 0 saturated heterocycles. The fourth-order valence-corrected chi connectivity index (χ4v) is 4.02. The molecule has 172 valence electrons. The number of amides is 1. The first-order valence-corrected chi connectivity index (χ1v) is 10.0. The van der Waals surface area contributed by atoms with E-state index in [9.17, 15) is 27.2 Å². The number of Topliss-reactive ketones (excluding diaryl/α,β-unsaturated/α-hetero) is 1. The van der Waals surface area contributed by atoms with Crippen LogP contribution in [0, 0.1) is 5.82 Å². The van der Waals surface area contributed by atoms with Crippen LogP contribution >= 0.6 is 0 Å². The highest BCUT2D eigenvalue weighted by atomic mass is 19.4. The molecule has 0 saturated carbocycles. The van der Waals surface area contributed by atoms with Crippen molar-refractivity contribution in [3.8, 4) is 5.75 Å². The smallest absolute Gasteiger partial charge is 0.416 e. The molecule has 0 bridgehead atoms. The summed E-state index contributed by atoms with van der Waals surface area (Å²) in [4.78, 5) is 26.1. The topological polar surface area (TPSA) is 73.2 Å². The van der Waals surface area contributed by atoms with Gasteiger partial charge in [-0.15, -0.1) is 0 Å². The largest absolute Gasteiger partial charge is 0.493 e. The highest BCUT2D eigenvalue weighted by molar-refractivity contribution is 6.11. The number of hydrogen-bond acceptors (Lipinski definition) is 4. The van der Waals surface area contributed by atoms with Gasteiger partial charge < -0.3 is 10.1 Å². The van der Waals surface area contributed by atoms with Crippen LogP contribution in [0.1, 0.15) is 57.3 Å². The summed E-state index contributed by atoms with van der Waals surface area (Å²) in [6.07, 6.45) is -2.82. The monoisotopic (exact) mass is 461 g/mol. The molecule has 1 aromatic heterocycles. The van der Waals surface area contributed by atoms with Crippen molar-refractivity contribution in [2.45, 2.75) is 31.5 Å². The number of ether oxygens (including phenoxy) is 1. The standard InChI is InChI=1S/C23H19F4N3O3/c1-12-10-16(13-6-8-14(9-7-13)23(25,26)27)20(31)19-18(11-28-30(12)19)29-22(32)15-4-3-5-17(24)21(15)33-2/h3-9,11-12,16H,10H2,1-2H3,(H,29,32)/t12-,16?/m0/s1. The van der Waals surface area contributed by atoms with Crippen molar-refractivity contribution >= 4 is 17.4 Å². The Hall–Kier alpha value is -3.69. The van der Waals surface area contributed by atoms with E-state index >= 15 is 0 Å². The van der Waals surface area contributed by atoms with Crippen LogP contribution in [0.25, 0.3) is 0 Å². The number of nitrogens with one attached hydrogen (secondary N) is 1. The summed E-state index contributed by atoms with van der Waals surface area (Å²) < 4.78 is 59.1. The Bertz CT molecular complexity index is 1220. The van der Waals surface area contributed by atoms with Gasteiger partial charge in [0.2, 0.25) is 0 Å². The third-order valence-corrected chi connectivity index (χ3v) is 5.64. The molecule has 0 aliphatic carbocycles. The molecule has 2 aromatic carbocycles. The number of anilines is 1. The van der Waals surface area contributed by atoms with E-state index in [1.807, 2.05) is 6.92 Å². The van der Waals surface area contributed by atoms with Crippen molar-refractivity contribution in [1.82, 2.24) is 9.78 Å². The number of benzene rings is 2. The zero-order valence-corrected chi connectivity index (χ0v) is 17.6. The molecule has 0 radical (unpaired) electrons. The average Bonchev–Trinajstić information content (AvgIpc) is 3.20. The molecule has 1 N–H and O–H groups in total. The molecule has 1 amide bonds. The normalized spacial score (nSPS) is 18.1. The molecule has 0 spiro atoms. The summed E-state index contributed by atoms with van der Waals surface area (Å²) in [5.41, 5.74) is -0.170. The molecule has 10 heteroatoms. The molecule has 2 heterocycles. The van der Waals surface area contributed by atoms with E-state index in [0.29, 0.717) is 12.0 Å². The molecule has 3 aromatic rings. The minimum absolute atomic E-state index is 0.0620. The van der Waals surface area contributed by atoms with Gasteiger partial charge in [-0.05, 0) is 43.2 Å². The van der Waals surface area contributed by atoms with Gasteiger partial charge >= 0.3 is 6.18 Å². The number of rotatable bonds is 4. The number of nitrogens with zero attached hydrogens (tertiary/aromatic N) is 2. The Balaban J connectivity index is 1.65. The lowest BCUT2D eigenvalue weighted by molar-refractivity contribution is -0.137. The van der Waals surface area contributed by atoms with Crippen LogP contribution in [0.5, 0.6) is 5.75 Å². The minimum atomic E-state index is -4.48. The van der Waals surface area contributed by atoms with Crippen molar-refractivity contribution in [3.05, 3.63) is 76.9 Å². The quantitative estimate of drug-likeness (QED) is 0.540. The first-order valence-electron chi connectivity index (χ1n) is 10.0. The van der Waals surface area contributed by atoms with Crippen LogP contribution in [-0.4, -0.2) is 28.6 Å². The molecule has 6 nitrogen and oxygen atoms in total. The summed E-state index contributed by atoms with van der Waals surface area (Å²) in [7, 11) is 1.23. The summed E-state index contributed by atoms with van der Waals surface area (Å²) in [6, 6.07) is 8.10. The number of methoxy groups -OCH3 is 1. The summed E-state index contributed by atoms with van der Waals surface area (Å²) >= 11 is 0. The molecule has 0 fully saturated rings. The van der Waals surface area contributed by atoms with Crippen molar-refractivity contribution in [2.24, 2.45) is 0 Å². The number of fused-ring (bicyclic) bond motifs is 1. The molecule has 1 aliphatic rings. The van der Waals surface area contributed by atoms with E-state index in [1.165, 1.54) is 42.3 Å². The SMILES string of the molecule is COc1c(F)cccc1C(=O)Nc1cnn2c1C(=O)C(c1ccc(C(F)(F)F)cc1)C[C@@H]2C. The lowest BCUT2D eigenvalue weighted by Gasteiger charge is -2.28.